The highest BCUT2D eigenvalue weighted by atomic mass is 35.5. The van der Waals surface area contributed by atoms with Gasteiger partial charge in [0.1, 0.15) is 5.75 Å². The van der Waals surface area contributed by atoms with E-state index < -0.39 is 6.36 Å². The van der Waals surface area contributed by atoms with Crippen molar-refractivity contribution in [3.63, 3.8) is 0 Å². The average Bonchev–Trinajstić information content (AvgIpc) is 2.38. The Morgan fingerprint density at radius 1 is 1.05 bits per heavy atom. The molecule has 0 unspecified atom stereocenters. The molecular formula is C14H11ClF3NO. The van der Waals surface area contributed by atoms with Crippen LogP contribution in [-0.2, 0) is 6.54 Å². The van der Waals surface area contributed by atoms with Crippen LogP contribution in [0.1, 0.15) is 5.56 Å². The van der Waals surface area contributed by atoms with Gasteiger partial charge >= 0.3 is 6.36 Å². The van der Waals surface area contributed by atoms with E-state index in [0.717, 1.165) is 11.1 Å². The number of nitrogens with two attached hydrogens (primary N) is 1. The van der Waals surface area contributed by atoms with Crippen LogP contribution in [0.3, 0.4) is 0 Å². The lowest BCUT2D eigenvalue weighted by Gasteiger charge is -2.12. The number of alkyl halides is 3. The summed E-state index contributed by atoms with van der Waals surface area (Å²) >= 11 is 6.12. The molecule has 0 atom stereocenters. The van der Waals surface area contributed by atoms with E-state index in [1.54, 1.807) is 12.1 Å². The maximum absolute atomic E-state index is 12.1. The second-order valence-corrected chi connectivity index (χ2v) is 4.46. The fourth-order valence-electron chi connectivity index (χ4n) is 1.89. The van der Waals surface area contributed by atoms with Crippen molar-refractivity contribution in [1.82, 2.24) is 0 Å². The first-order valence-corrected chi connectivity index (χ1v) is 6.12. The van der Waals surface area contributed by atoms with Crippen molar-refractivity contribution in [1.29, 1.82) is 0 Å². The summed E-state index contributed by atoms with van der Waals surface area (Å²) in [6, 6.07) is 10.8. The molecule has 0 aliphatic rings. The maximum Gasteiger partial charge on any atom is 0.573 e. The van der Waals surface area contributed by atoms with Crippen LogP contribution in [0.25, 0.3) is 11.1 Å². The van der Waals surface area contributed by atoms with Gasteiger partial charge in [-0.3, -0.25) is 0 Å². The van der Waals surface area contributed by atoms with Gasteiger partial charge in [0, 0.05) is 17.1 Å². The monoisotopic (exact) mass is 301 g/mol. The van der Waals surface area contributed by atoms with Crippen LogP contribution in [0.2, 0.25) is 5.02 Å². The molecule has 0 saturated carbocycles. The molecule has 2 nitrogen and oxygen atoms in total. The third kappa shape index (κ3) is 3.43. The second-order valence-electron chi connectivity index (χ2n) is 4.05. The molecule has 0 radical (unpaired) electrons. The highest BCUT2D eigenvalue weighted by Crippen LogP contribution is 2.33. The molecule has 0 aromatic heterocycles. The van der Waals surface area contributed by atoms with Crippen LogP contribution < -0.4 is 10.5 Å². The molecular weight excluding hydrogens is 291 g/mol. The van der Waals surface area contributed by atoms with Gasteiger partial charge in [-0.25, -0.2) is 0 Å². The molecule has 20 heavy (non-hydrogen) atoms. The number of ether oxygens (including phenoxy) is 1. The first kappa shape index (κ1) is 14.7. The normalized spacial score (nSPS) is 11.4. The number of halogens is 4. The Balaban J connectivity index is 2.36. The number of hydrogen-bond donors (Lipinski definition) is 1. The predicted molar refractivity (Wildman–Crippen MR) is 71.5 cm³/mol. The second kappa shape index (κ2) is 5.73. The van der Waals surface area contributed by atoms with Crippen LogP contribution in [0.4, 0.5) is 13.2 Å². The van der Waals surface area contributed by atoms with E-state index in [-0.39, 0.29) is 12.3 Å². The smallest absolute Gasteiger partial charge is 0.406 e. The predicted octanol–water partition coefficient (Wildman–Crippen LogP) is 4.36. The van der Waals surface area contributed by atoms with Gasteiger partial charge in [0.15, 0.2) is 0 Å². The van der Waals surface area contributed by atoms with Crippen molar-refractivity contribution in [3.05, 3.63) is 53.1 Å². The summed E-state index contributed by atoms with van der Waals surface area (Å²) in [4.78, 5) is 0. The zero-order valence-corrected chi connectivity index (χ0v) is 11.0. The molecule has 2 rings (SSSR count). The SMILES string of the molecule is NCc1cccc(Cl)c1-c1ccc(OC(F)(F)F)cc1. The molecule has 0 saturated heterocycles. The number of hydrogen-bond acceptors (Lipinski definition) is 2. The van der Waals surface area contributed by atoms with Crippen LogP contribution >= 0.6 is 11.6 Å². The zero-order chi connectivity index (χ0) is 14.8. The van der Waals surface area contributed by atoms with E-state index in [9.17, 15) is 13.2 Å². The van der Waals surface area contributed by atoms with E-state index in [1.165, 1.54) is 24.3 Å². The minimum atomic E-state index is -4.70. The van der Waals surface area contributed by atoms with Gasteiger partial charge in [0.25, 0.3) is 0 Å². The van der Waals surface area contributed by atoms with Gasteiger partial charge in [0.2, 0.25) is 0 Å². The van der Waals surface area contributed by atoms with E-state index >= 15 is 0 Å². The van der Waals surface area contributed by atoms with E-state index in [2.05, 4.69) is 4.74 Å². The Hall–Kier alpha value is -1.72. The summed E-state index contributed by atoms with van der Waals surface area (Å²) in [7, 11) is 0. The lowest BCUT2D eigenvalue weighted by atomic mass is 9.99. The molecule has 0 spiro atoms. The fourth-order valence-corrected chi connectivity index (χ4v) is 2.19. The summed E-state index contributed by atoms with van der Waals surface area (Å²) in [5.41, 5.74) is 7.86. The molecule has 0 amide bonds. The minimum Gasteiger partial charge on any atom is -0.406 e. The molecule has 0 aliphatic heterocycles. The Labute approximate surface area is 118 Å². The van der Waals surface area contributed by atoms with Gasteiger partial charge in [-0.15, -0.1) is 13.2 Å². The van der Waals surface area contributed by atoms with Gasteiger partial charge in [-0.05, 0) is 29.3 Å². The van der Waals surface area contributed by atoms with E-state index in [1.807, 2.05) is 6.07 Å². The molecule has 106 valence electrons. The molecule has 0 bridgehead atoms. The minimum absolute atomic E-state index is 0.275. The largest absolute Gasteiger partial charge is 0.573 e. The third-order valence-electron chi connectivity index (χ3n) is 2.70. The zero-order valence-electron chi connectivity index (χ0n) is 10.2. The first-order valence-electron chi connectivity index (χ1n) is 5.74. The van der Waals surface area contributed by atoms with E-state index in [0.29, 0.717) is 10.6 Å². The molecule has 0 heterocycles. The maximum atomic E-state index is 12.1. The molecule has 6 heteroatoms. The van der Waals surface area contributed by atoms with Gasteiger partial charge in [-0.2, -0.15) is 0 Å². The Morgan fingerprint density at radius 3 is 2.25 bits per heavy atom. The summed E-state index contributed by atoms with van der Waals surface area (Å²) in [5, 5.41) is 0.498. The Morgan fingerprint density at radius 2 is 1.70 bits per heavy atom. The number of rotatable bonds is 3. The molecule has 2 aromatic carbocycles. The standard InChI is InChI=1S/C14H11ClF3NO/c15-12-3-1-2-10(8-19)13(12)9-4-6-11(7-5-9)20-14(16,17)18/h1-7H,8,19H2. The van der Waals surface area contributed by atoms with Crippen LogP contribution in [0, 0.1) is 0 Å². The van der Waals surface area contributed by atoms with E-state index in [4.69, 9.17) is 17.3 Å². The van der Waals surface area contributed by atoms with Crippen LogP contribution in [0.15, 0.2) is 42.5 Å². The number of benzene rings is 2. The summed E-state index contributed by atoms with van der Waals surface area (Å²) in [6.45, 7) is 0.288. The molecule has 0 fully saturated rings. The Bertz CT molecular complexity index is 596. The highest BCUT2D eigenvalue weighted by molar-refractivity contribution is 6.33. The van der Waals surface area contributed by atoms with Crippen molar-refractivity contribution in [2.45, 2.75) is 12.9 Å². The lowest BCUT2D eigenvalue weighted by Crippen LogP contribution is -2.16. The van der Waals surface area contributed by atoms with Gasteiger partial charge in [0.05, 0.1) is 0 Å². The first-order chi connectivity index (χ1) is 9.40. The van der Waals surface area contributed by atoms with Crippen molar-refractivity contribution < 1.29 is 17.9 Å². The highest BCUT2D eigenvalue weighted by Gasteiger charge is 2.31. The third-order valence-corrected chi connectivity index (χ3v) is 3.01. The Kier molecular flexibility index (Phi) is 4.20. The van der Waals surface area contributed by atoms with Crippen LogP contribution in [0.5, 0.6) is 5.75 Å². The van der Waals surface area contributed by atoms with Crippen molar-refractivity contribution >= 4 is 11.6 Å². The van der Waals surface area contributed by atoms with Crippen molar-refractivity contribution in [2.24, 2.45) is 5.73 Å². The van der Waals surface area contributed by atoms with Gasteiger partial charge < -0.3 is 10.5 Å². The average molecular weight is 302 g/mol. The molecule has 0 aliphatic carbocycles. The fraction of sp³-hybridized carbons (Fsp3) is 0.143. The lowest BCUT2D eigenvalue weighted by molar-refractivity contribution is -0.274. The quantitative estimate of drug-likeness (QED) is 0.914. The van der Waals surface area contributed by atoms with Crippen molar-refractivity contribution in [3.8, 4) is 16.9 Å². The summed E-state index contributed by atoms with van der Waals surface area (Å²) in [6.07, 6.45) is -4.70. The van der Waals surface area contributed by atoms with Crippen LogP contribution in [-0.4, -0.2) is 6.36 Å². The summed E-state index contributed by atoms with van der Waals surface area (Å²) < 4.78 is 40.1. The molecule has 2 N–H and O–H groups in total. The van der Waals surface area contributed by atoms with Crippen molar-refractivity contribution in [2.75, 3.05) is 0 Å². The van der Waals surface area contributed by atoms with Gasteiger partial charge in [-0.1, -0.05) is 35.9 Å². The topological polar surface area (TPSA) is 35.2 Å². The molecule has 2 aromatic rings. The summed E-state index contributed by atoms with van der Waals surface area (Å²) in [5.74, 6) is -0.275.